The molecule has 8 heteroatoms. The van der Waals surface area contributed by atoms with Crippen molar-refractivity contribution >= 4 is 22.5 Å². The van der Waals surface area contributed by atoms with E-state index >= 15 is 0 Å². The molecule has 1 unspecified atom stereocenters. The van der Waals surface area contributed by atoms with E-state index in [1.807, 2.05) is 48.7 Å². The third-order valence-electron chi connectivity index (χ3n) is 5.57. The highest BCUT2D eigenvalue weighted by atomic mass is 16.6. The van der Waals surface area contributed by atoms with Crippen LogP contribution >= 0.6 is 0 Å². The molecule has 4 heterocycles. The molecule has 2 aliphatic heterocycles. The number of hydrogen-bond donors (Lipinski definition) is 1. The van der Waals surface area contributed by atoms with E-state index in [2.05, 4.69) is 15.1 Å². The van der Waals surface area contributed by atoms with Gasteiger partial charge in [-0.1, -0.05) is 11.2 Å². The zero-order chi connectivity index (χ0) is 20.1. The van der Waals surface area contributed by atoms with Gasteiger partial charge >= 0.3 is 0 Å². The monoisotopic (exact) mass is 402 g/mol. The molecule has 1 amide bonds. The minimum Gasteiger partial charge on any atom is -0.486 e. The Morgan fingerprint density at radius 3 is 2.87 bits per heavy atom. The summed E-state index contributed by atoms with van der Waals surface area (Å²) in [4.78, 5) is 22.2. The second-order valence-corrected chi connectivity index (χ2v) is 7.47. The highest BCUT2D eigenvalue weighted by Gasteiger charge is 2.35. The summed E-state index contributed by atoms with van der Waals surface area (Å²) in [6.45, 7) is 1.54. The Kier molecular flexibility index (Phi) is 3.77. The standard InChI is InChI=1S/C22H18N4O4/c27-20-10-15(12-26(20)16-3-4-18-19(11-16)29-8-7-28-18)21-24-22(30-25-21)14-2-1-13-5-6-23-17(13)9-14/h1-6,9,11,15,23H,7-8,10,12H2. The van der Waals surface area contributed by atoms with Crippen molar-refractivity contribution in [2.75, 3.05) is 24.7 Å². The molecule has 2 aromatic heterocycles. The largest absolute Gasteiger partial charge is 0.486 e. The van der Waals surface area contributed by atoms with Crippen molar-refractivity contribution < 1.29 is 18.8 Å². The molecule has 1 atom stereocenters. The normalized spacial score (nSPS) is 18.3. The Labute approximate surface area is 171 Å². The van der Waals surface area contributed by atoms with Crippen LogP contribution in [0.2, 0.25) is 0 Å². The average Bonchev–Trinajstić information content (AvgIpc) is 3.52. The first-order valence-electron chi connectivity index (χ1n) is 9.86. The van der Waals surface area contributed by atoms with Crippen molar-refractivity contribution in [3.8, 4) is 23.0 Å². The van der Waals surface area contributed by atoms with Crippen LogP contribution in [0, 0.1) is 0 Å². The van der Waals surface area contributed by atoms with Gasteiger partial charge in [-0.15, -0.1) is 0 Å². The van der Waals surface area contributed by atoms with Crippen LogP contribution < -0.4 is 14.4 Å². The quantitative estimate of drug-likeness (QED) is 0.564. The third kappa shape index (κ3) is 2.80. The van der Waals surface area contributed by atoms with Gasteiger partial charge < -0.3 is 23.9 Å². The third-order valence-corrected chi connectivity index (χ3v) is 5.57. The van der Waals surface area contributed by atoms with Gasteiger partial charge in [-0.05, 0) is 35.7 Å². The Morgan fingerprint density at radius 2 is 1.93 bits per heavy atom. The first-order valence-corrected chi connectivity index (χ1v) is 9.86. The maximum atomic E-state index is 12.7. The van der Waals surface area contributed by atoms with E-state index in [1.165, 1.54) is 0 Å². The number of H-pyrrole nitrogens is 1. The van der Waals surface area contributed by atoms with Crippen molar-refractivity contribution in [3.63, 3.8) is 0 Å². The summed E-state index contributed by atoms with van der Waals surface area (Å²) in [5.41, 5.74) is 2.64. The molecule has 0 bridgehead atoms. The summed E-state index contributed by atoms with van der Waals surface area (Å²) in [6, 6.07) is 13.5. The van der Waals surface area contributed by atoms with E-state index < -0.39 is 0 Å². The van der Waals surface area contributed by atoms with Gasteiger partial charge in [0.2, 0.25) is 5.91 Å². The van der Waals surface area contributed by atoms with E-state index in [1.54, 1.807) is 4.90 Å². The lowest BCUT2D eigenvalue weighted by atomic mass is 10.1. The molecule has 1 saturated heterocycles. The number of amides is 1. The van der Waals surface area contributed by atoms with E-state index in [-0.39, 0.29) is 11.8 Å². The van der Waals surface area contributed by atoms with Gasteiger partial charge in [0.05, 0.1) is 0 Å². The predicted octanol–water partition coefficient (Wildman–Crippen LogP) is 3.51. The smallest absolute Gasteiger partial charge is 0.258 e. The van der Waals surface area contributed by atoms with Crippen LogP contribution in [0.3, 0.4) is 0 Å². The van der Waals surface area contributed by atoms with Crippen molar-refractivity contribution in [2.45, 2.75) is 12.3 Å². The molecular weight excluding hydrogens is 384 g/mol. The molecule has 1 N–H and O–H groups in total. The van der Waals surface area contributed by atoms with E-state index in [9.17, 15) is 4.79 Å². The number of ether oxygens (including phenoxy) is 2. The van der Waals surface area contributed by atoms with Gasteiger partial charge in [0.1, 0.15) is 13.2 Å². The molecule has 8 nitrogen and oxygen atoms in total. The number of fused-ring (bicyclic) bond motifs is 2. The minimum absolute atomic E-state index is 0.0239. The average molecular weight is 402 g/mol. The van der Waals surface area contributed by atoms with Gasteiger partial charge in [-0.25, -0.2) is 0 Å². The lowest BCUT2D eigenvalue weighted by Gasteiger charge is -2.22. The van der Waals surface area contributed by atoms with Crippen molar-refractivity contribution in [2.24, 2.45) is 0 Å². The van der Waals surface area contributed by atoms with Crippen molar-refractivity contribution in [1.82, 2.24) is 15.1 Å². The van der Waals surface area contributed by atoms with Gasteiger partial charge in [0, 0.05) is 47.9 Å². The molecule has 150 valence electrons. The van der Waals surface area contributed by atoms with Gasteiger partial charge in [-0.3, -0.25) is 4.79 Å². The number of nitrogens with one attached hydrogen (secondary N) is 1. The highest BCUT2D eigenvalue weighted by Crippen LogP contribution is 2.37. The first kappa shape index (κ1) is 17.1. The number of carbonyl (C=O) groups excluding carboxylic acids is 1. The maximum absolute atomic E-state index is 12.7. The fraction of sp³-hybridized carbons (Fsp3) is 0.227. The molecule has 2 aromatic carbocycles. The molecule has 0 spiro atoms. The fourth-order valence-corrected chi connectivity index (χ4v) is 4.03. The molecular formula is C22H18N4O4. The van der Waals surface area contributed by atoms with Crippen LogP contribution in [0.15, 0.2) is 53.2 Å². The van der Waals surface area contributed by atoms with E-state index in [4.69, 9.17) is 14.0 Å². The van der Waals surface area contributed by atoms with Crippen LogP contribution in [0.25, 0.3) is 22.4 Å². The summed E-state index contributed by atoms with van der Waals surface area (Å²) in [7, 11) is 0. The Balaban J connectivity index is 1.24. The van der Waals surface area contributed by atoms with Crippen molar-refractivity contribution in [1.29, 1.82) is 0 Å². The summed E-state index contributed by atoms with van der Waals surface area (Å²) in [5, 5.41) is 5.28. The molecule has 0 saturated carbocycles. The number of aromatic nitrogens is 3. The maximum Gasteiger partial charge on any atom is 0.258 e. The van der Waals surface area contributed by atoms with Crippen LogP contribution in [0.5, 0.6) is 11.5 Å². The number of aromatic amines is 1. The first-order chi connectivity index (χ1) is 14.7. The van der Waals surface area contributed by atoms with E-state index in [0.717, 1.165) is 22.2 Å². The minimum atomic E-state index is -0.127. The fourth-order valence-electron chi connectivity index (χ4n) is 4.03. The molecule has 4 aromatic rings. The summed E-state index contributed by atoms with van der Waals surface area (Å²) in [5.74, 6) is 2.26. The number of hydrogen-bond acceptors (Lipinski definition) is 6. The molecule has 0 radical (unpaired) electrons. The van der Waals surface area contributed by atoms with Crippen LogP contribution in [0.1, 0.15) is 18.2 Å². The Hall–Kier alpha value is -3.81. The molecule has 6 rings (SSSR count). The molecule has 30 heavy (non-hydrogen) atoms. The number of benzene rings is 2. The van der Waals surface area contributed by atoms with Crippen LogP contribution in [-0.2, 0) is 4.79 Å². The summed E-state index contributed by atoms with van der Waals surface area (Å²) < 4.78 is 16.7. The van der Waals surface area contributed by atoms with Crippen LogP contribution in [-0.4, -0.2) is 40.8 Å². The van der Waals surface area contributed by atoms with Crippen molar-refractivity contribution in [3.05, 3.63) is 54.5 Å². The Bertz CT molecular complexity index is 1260. The molecule has 0 aliphatic carbocycles. The number of carbonyl (C=O) groups is 1. The van der Waals surface area contributed by atoms with Gasteiger partial charge in [-0.2, -0.15) is 4.98 Å². The SMILES string of the molecule is O=C1CC(c2noc(-c3ccc4cc[nH]c4c3)n2)CN1c1ccc2c(c1)OCCO2. The van der Waals surface area contributed by atoms with Gasteiger partial charge in [0.25, 0.3) is 5.89 Å². The summed E-state index contributed by atoms with van der Waals surface area (Å²) in [6.07, 6.45) is 2.23. The number of anilines is 1. The number of nitrogens with zero attached hydrogens (tertiary/aromatic N) is 3. The van der Waals surface area contributed by atoms with Gasteiger partial charge in [0.15, 0.2) is 17.3 Å². The zero-order valence-corrected chi connectivity index (χ0v) is 16.0. The Morgan fingerprint density at radius 1 is 1.03 bits per heavy atom. The second kappa shape index (κ2) is 6.62. The number of rotatable bonds is 3. The lowest BCUT2D eigenvalue weighted by molar-refractivity contribution is -0.117. The summed E-state index contributed by atoms with van der Waals surface area (Å²) >= 11 is 0. The lowest BCUT2D eigenvalue weighted by Crippen LogP contribution is -2.25. The highest BCUT2D eigenvalue weighted by molar-refractivity contribution is 5.96. The molecule has 1 fully saturated rings. The molecule has 2 aliphatic rings. The van der Waals surface area contributed by atoms with E-state index in [0.29, 0.717) is 49.4 Å². The second-order valence-electron chi connectivity index (χ2n) is 7.47. The topological polar surface area (TPSA) is 93.5 Å². The van der Waals surface area contributed by atoms with Crippen LogP contribution in [0.4, 0.5) is 5.69 Å². The zero-order valence-electron chi connectivity index (χ0n) is 16.0. The predicted molar refractivity (Wildman–Crippen MR) is 109 cm³/mol.